The molecule has 2 aromatic rings. The second kappa shape index (κ2) is 8.07. The Kier molecular flexibility index (Phi) is 5.08. The molecule has 2 N–H and O–H groups in total. The molecule has 5 rings (SSSR count). The van der Waals surface area contributed by atoms with Crippen LogP contribution in [-0.4, -0.2) is 45.7 Å². The molecular formula is C23H22N4O5. The quantitative estimate of drug-likeness (QED) is 0.696. The lowest BCUT2D eigenvalue weighted by Crippen LogP contribution is -2.52. The summed E-state index contributed by atoms with van der Waals surface area (Å²) in [7, 11) is 0. The molecule has 1 unspecified atom stereocenters. The molecule has 9 heteroatoms. The van der Waals surface area contributed by atoms with E-state index in [0.717, 1.165) is 12.8 Å². The number of ether oxygens (including phenoxy) is 1. The van der Waals surface area contributed by atoms with Crippen molar-refractivity contribution < 1.29 is 23.9 Å². The second-order valence-corrected chi connectivity index (χ2v) is 8.28. The van der Waals surface area contributed by atoms with Crippen molar-refractivity contribution in [2.24, 2.45) is 0 Å². The topological polar surface area (TPSA) is 118 Å². The Morgan fingerprint density at radius 3 is 2.66 bits per heavy atom. The van der Waals surface area contributed by atoms with Crippen LogP contribution in [0, 0.1) is 0 Å². The number of benzene rings is 1. The summed E-state index contributed by atoms with van der Waals surface area (Å²) in [6.07, 6.45) is 5.63. The predicted octanol–water partition coefficient (Wildman–Crippen LogP) is 2.03. The molecule has 1 saturated carbocycles. The van der Waals surface area contributed by atoms with Crippen molar-refractivity contribution in [3.63, 3.8) is 0 Å². The van der Waals surface area contributed by atoms with E-state index in [9.17, 15) is 19.2 Å². The van der Waals surface area contributed by atoms with E-state index in [-0.39, 0.29) is 36.8 Å². The average Bonchev–Trinajstić information content (AvgIpc) is 3.07. The number of amides is 4. The number of carbonyl (C=O) groups excluding carboxylic acids is 4. The molecule has 3 aliphatic rings. The molecule has 1 aliphatic carbocycles. The highest BCUT2D eigenvalue weighted by Gasteiger charge is 2.39. The summed E-state index contributed by atoms with van der Waals surface area (Å²) in [4.78, 5) is 54.7. The average molecular weight is 434 g/mol. The van der Waals surface area contributed by atoms with Crippen molar-refractivity contribution in [2.45, 2.75) is 50.8 Å². The Balaban J connectivity index is 1.25. The minimum Gasteiger partial charge on any atom is -0.489 e. The normalized spacial score (nSPS) is 20.4. The largest absolute Gasteiger partial charge is 0.489 e. The van der Waals surface area contributed by atoms with Crippen molar-refractivity contribution in [3.05, 3.63) is 53.2 Å². The summed E-state index contributed by atoms with van der Waals surface area (Å²) < 4.78 is 5.77. The maximum atomic E-state index is 12.8. The lowest BCUT2D eigenvalue weighted by molar-refractivity contribution is -0.136. The zero-order valence-electron chi connectivity index (χ0n) is 17.3. The first-order valence-corrected chi connectivity index (χ1v) is 10.7. The zero-order valence-corrected chi connectivity index (χ0v) is 17.3. The highest BCUT2D eigenvalue weighted by Crippen LogP contribution is 2.29. The number of pyridine rings is 1. The third-order valence-corrected chi connectivity index (χ3v) is 6.12. The van der Waals surface area contributed by atoms with E-state index < -0.39 is 11.9 Å². The molecule has 0 spiro atoms. The van der Waals surface area contributed by atoms with Gasteiger partial charge in [-0.1, -0.05) is 0 Å². The first kappa shape index (κ1) is 20.2. The Bertz CT molecular complexity index is 1110. The Morgan fingerprint density at radius 1 is 1.12 bits per heavy atom. The van der Waals surface area contributed by atoms with Crippen molar-refractivity contribution in [3.8, 4) is 5.75 Å². The summed E-state index contributed by atoms with van der Waals surface area (Å²) in [5.41, 5.74) is 1.52. The van der Waals surface area contributed by atoms with E-state index in [4.69, 9.17) is 4.74 Å². The molecule has 0 bridgehead atoms. The number of nitrogens with zero attached hydrogens (tertiary/aromatic N) is 2. The van der Waals surface area contributed by atoms with Gasteiger partial charge in [0.1, 0.15) is 17.6 Å². The van der Waals surface area contributed by atoms with Crippen LogP contribution in [0.5, 0.6) is 5.75 Å². The molecular weight excluding hydrogens is 412 g/mol. The molecule has 2 fully saturated rings. The van der Waals surface area contributed by atoms with Gasteiger partial charge in [-0.2, -0.15) is 0 Å². The molecule has 3 heterocycles. The predicted molar refractivity (Wildman–Crippen MR) is 113 cm³/mol. The van der Waals surface area contributed by atoms with Gasteiger partial charge in [0.15, 0.2) is 0 Å². The molecule has 4 amide bonds. The van der Waals surface area contributed by atoms with E-state index in [1.54, 1.807) is 36.5 Å². The van der Waals surface area contributed by atoms with Crippen LogP contribution in [0.2, 0.25) is 0 Å². The molecule has 32 heavy (non-hydrogen) atoms. The fraction of sp³-hybridized carbons (Fsp3) is 0.348. The maximum absolute atomic E-state index is 12.8. The Hall–Kier alpha value is -3.75. The Labute approximate surface area is 184 Å². The first-order valence-electron chi connectivity index (χ1n) is 10.7. The van der Waals surface area contributed by atoms with Crippen LogP contribution >= 0.6 is 0 Å². The van der Waals surface area contributed by atoms with Crippen LogP contribution in [0.4, 0.5) is 5.82 Å². The lowest BCUT2D eigenvalue weighted by Gasteiger charge is -2.29. The van der Waals surface area contributed by atoms with Crippen LogP contribution in [0.25, 0.3) is 0 Å². The standard InChI is InChI=1S/C23H22N4O5/c28-20-9-7-18(22(30)26-20)27-12-14-10-13(4-6-17(14)23(27)31)21(29)25-19-8-5-16(11-24-19)32-15-2-1-3-15/h4-6,8,10-11,15,18H,1-3,7,9,12H2,(H,24,25,29)(H,26,28,30). The van der Waals surface area contributed by atoms with Crippen molar-refractivity contribution in [1.29, 1.82) is 0 Å². The second-order valence-electron chi connectivity index (χ2n) is 8.28. The Morgan fingerprint density at radius 2 is 1.97 bits per heavy atom. The summed E-state index contributed by atoms with van der Waals surface area (Å²) in [5.74, 6) is -0.332. The van der Waals surface area contributed by atoms with E-state index >= 15 is 0 Å². The van der Waals surface area contributed by atoms with Gasteiger partial charge < -0.3 is 15.0 Å². The number of anilines is 1. The summed E-state index contributed by atoms with van der Waals surface area (Å²) in [6, 6.07) is 7.61. The van der Waals surface area contributed by atoms with E-state index in [1.807, 2.05) is 0 Å². The molecule has 2 aliphatic heterocycles. The van der Waals surface area contributed by atoms with Gasteiger partial charge in [-0.3, -0.25) is 24.5 Å². The number of fused-ring (bicyclic) bond motifs is 1. The molecule has 1 aromatic heterocycles. The van der Waals surface area contributed by atoms with Crippen molar-refractivity contribution in [1.82, 2.24) is 15.2 Å². The number of piperidine rings is 1. The lowest BCUT2D eigenvalue weighted by atomic mass is 9.96. The molecule has 164 valence electrons. The van der Waals surface area contributed by atoms with Crippen LogP contribution in [0.1, 0.15) is 58.4 Å². The fourth-order valence-electron chi connectivity index (χ4n) is 4.11. The van der Waals surface area contributed by atoms with Crippen LogP contribution in [0.3, 0.4) is 0 Å². The molecule has 1 atom stereocenters. The molecule has 1 saturated heterocycles. The van der Waals surface area contributed by atoms with Gasteiger partial charge in [-0.15, -0.1) is 0 Å². The minimum atomic E-state index is -0.685. The van der Waals surface area contributed by atoms with E-state index in [1.165, 1.54) is 11.3 Å². The van der Waals surface area contributed by atoms with Gasteiger partial charge in [-0.25, -0.2) is 4.98 Å². The van der Waals surface area contributed by atoms with E-state index in [2.05, 4.69) is 15.6 Å². The fourth-order valence-corrected chi connectivity index (χ4v) is 4.11. The highest BCUT2D eigenvalue weighted by atomic mass is 16.5. The molecule has 9 nitrogen and oxygen atoms in total. The van der Waals surface area contributed by atoms with Gasteiger partial charge in [0.05, 0.1) is 12.3 Å². The number of rotatable bonds is 5. The monoisotopic (exact) mass is 434 g/mol. The van der Waals surface area contributed by atoms with Gasteiger partial charge in [0.2, 0.25) is 11.8 Å². The highest BCUT2D eigenvalue weighted by molar-refractivity contribution is 6.07. The summed E-state index contributed by atoms with van der Waals surface area (Å²) in [5, 5.41) is 5.03. The SMILES string of the molecule is O=C1CCC(N2Cc3cc(C(=O)Nc4ccc(OC5CCC5)cn4)ccc3C2=O)C(=O)N1. The third-order valence-electron chi connectivity index (χ3n) is 6.12. The van der Waals surface area contributed by atoms with Crippen LogP contribution in [0.15, 0.2) is 36.5 Å². The molecule has 0 radical (unpaired) electrons. The number of hydrogen-bond acceptors (Lipinski definition) is 6. The van der Waals surface area contributed by atoms with Gasteiger partial charge in [-0.05, 0) is 61.6 Å². The van der Waals surface area contributed by atoms with Gasteiger partial charge in [0, 0.05) is 24.1 Å². The number of hydrogen-bond donors (Lipinski definition) is 2. The summed E-state index contributed by atoms with van der Waals surface area (Å²) in [6.45, 7) is 0.215. The van der Waals surface area contributed by atoms with Crippen LogP contribution < -0.4 is 15.4 Å². The maximum Gasteiger partial charge on any atom is 0.256 e. The van der Waals surface area contributed by atoms with Crippen LogP contribution in [-0.2, 0) is 16.1 Å². The smallest absolute Gasteiger partial charge is 0.256 e. The minimum absolute atomic E-state index is 0.196. The number of imide groups is 1. The van der Waals surface area contributed by atoms with Gasteiger partial charge >= 0.3 is 0 Å². The van der Waals surface area contributed by atoms with Crippen molar-refractivity contribution in [2.75, 3.05) is 5.32 Å². The summed E-state index contributed by atoms with van der Waals surface area (Å²) >= 11 is 0. The number of carbonyl (C=O) groups is 4. The third kappa shape index (κ3) is 3.81. The van der Waals surface area contributed by atoms with Crippen molar-refractivity contribution >= 4 is 29.4 Å². The molecule has 1 aromatic carbocycles. The number of nitrogens with one attached hydrogen (secondary N) is 2. The van der Waals surface area contributed by atoms with E-state index in [0.29, 0.717) is 34.7 Å². The first-order chi connectivity index (χ1) is 15.5. The zero-order chi connectivity index (χ0) is 22.2. The number of aromatic nitrogens is 1. The van der Waals surface area contributed by atoms with Gasteiger partial charge in [0.25, 0.3) is 11.8 Å².